The second kappa shape index (κ2) is 11.9. The first kappa shape index (κ1) is 32.1. The molecule has 0 saturated carbocycles. The zero-order chi connectivity index (χ0) is 37.8. The predicted molar refractivity (Wildman–Crippen MR) is 241 cm³/mol. The highest BCUT2D eigenvalue weighted by Gasteiger charge is 2.36. The van der Waals surface area contributed by atoms with Gasteiger partial charge in [0, 0.05) is 32.8 Å². The van der Waals surface area contributed by atoms with Crippen LogP contribution in [0.25, 0.3) is 87.3 Å². The number of para-hydroxylation sites is 1. The van der Waals surface area contributed by atoms with E-state index in [2.05, 4.69) is 207 Å². The Hall–Kier alpha value is -7.16. The van der Waals surface area contributed by atoms with Crippen LogP contribution in [-0.4, -0.2) is 0 Å². The van der Waals surface area contributed by atoms with Crippen LogP contribution in [-0.2, 0) is 5.41 Å². The second-order valence-corrected chi connectivity index (χ2v) is 16.1. The maximum atomic E-state index is 7.36. The van der Waals surface area contributed by atoms with Gasteiger partial charge in [-0.1, -0.05) is 166 Å². The minimum absolute atomic E-state index is 0.153. The molecule has 0 unspecified atom stereocenters. The first-order chi connectivity index (χ1) is 28.0. The molecule has 0 bridgehead atoms. The van der Waals surface area contributed by atoms with Crippen molar-refractivity contribution in [1.82, 2.24) is 0 Å². The average Bonchev–Trinajstić information content (AvgIpc) is 3.74. The molecule has 11 aromatic rings. The standard InChI is InChI=1S/C55H37NO/c1-55(2)48-24-12-11-21-43(48)44-29-28-39(33-49(44)55)56(51-32-37-17-5-7-18-40(37)42-20-9-10-22-45(42)51)50-25-13-23-46-47-31-36-16-6-8-19-41(36)52(54(47)57-53(46)50)38-27-26-34-14-3-4-15-35(34)30-38/h3-33H,1-2H3. The van der Waals surface area contributed by atoms with E-state index < -0.39 is 0 Å². The van der Waals surface area contributed by atoms with Crippen LogP contribution in [0.1, 0.15) is 25.0 Å². The number of rotatable bonds is 4. The Kier molecular flexibility index (Phi) is 6.72. The van der Waals surface area contributed by atoms with E-state index in [1.807, 2.05) is 0 Å². The van der Waals surface area contributed by atoms with Crippen LogP contribution in [0.4, 0.5) is 17.1 Å². The molecule has 0 atom stereocenters. The Morgan fingerprint density at radius 1 is 0.386 bits per heavy atom. The molecule has 1 aliphatic carbocycles. The van der Waals surface area contributed by atoms with E-state index in [9.17, 15) is 0 Å². The van der Waals surface area contributed by atoms with Gasteiger partial charge in [-0.05, 0) is 102 Å². The number of fused-ring (bicyclic) bond motifs is 11. The van der Waals surface area contributed by atoms with Crippen molar-refractivity contribution in [3.63, 3.8) is 0 Å². The molecule has 12 rings (SSSR count). The third kappa shape index (κ3) is 4.65. The van der Waals surface area contributed by atoms with Crippen LogP contribution in [0.3, 0.4) is 0 Å². The van der Waals surface area contributed by atoms with Gasteiger partial charge < -0.3 is 9.32 Å². The van der Waals surface area contributed by atoms with E-state index in [4.69, 9.17) is 4.42 Å². The molecule has 2 heteroatoms. The maximum Gasteiger partial charge on any atom is 0.159 e. The first-order valence-electron chi connectivity index (χ1n) is 19.8. The molecule has 0 amide bonds. The molecule has 57 heavy (non-hydrogen) atoms. The van der Waals surface area contributed by atoms with Crippen molar-refractivity contribution < 1.29 is 4.42 Å². The van der Waals surface area contributed by atoms with Gasteiger partial charge in [-0.3, -0.25) is 0 Å². The van der Waals surface area contributed by atoms with E-state index in [0.717, 1.165) is 50.1 Å². The Morgan fingerprint density at radius 3 is 1.88 bits per heavy atom. The number of hydrogen-bond donors (Lipinski definition) is 0. The predicted octanol–water partition coefficient (Wildman–Crippen LogP) is 15.6. The van der Waals surface area contributed by atoms with E-state index in [0.29, 0.717) is 0 Å². The van der Waals surface area contributed by atoms with Crippen molar-refractivity contribution in [3.8, 4) is 22.3 Å². The van der Waals surface area contributed by atoms with Gasteiger partial charge in [0.15, 0.2) is 5.58 Å². The minimum Gasteiger partial charge on any atom is -0.453 e. The summed E-state index contributed by atoms with van der Waals surface area (Å²) in [5, 5.41) is 11.9. The number of benzene rings is 10. The molecule has 2 nitrogen and oxygen atoms in total. The third-order valence-electron chi connectivity index (χ3n) is 12.6. The summed E-state index contributed by atoms with van der Waals surface area (Å²) >= 11 is 0. The number of hydrogen-bond acceptors (Lipinski definition) is 2. The summed E-state index contributed by atoms with van der Waals surface area (Å²) in [6.45, 7) is 4.71. The lowest BCUT2D eigenvalue weighted by molar-refractivity contribution is 0.660. The van der Waals surface area contributed by atoms with E-state index in [1.165, 1.54) is 65.3 Å². The summed E-state index contributed by atoms with van der Waals surface area (Å²) in [5.74, 6) is 0. The quantitative estimate of drug-likeness (QED) is 0.168. The molecular formula is C55H37NO. The molecule has 1 heterocycles. The smallest absolute Gasteiger partial charge is 0.159 e. The normalized spacial score (nSPS) is 13.2. The van der Waals surface area contributed by atoms with E-state index in [-0.39, 0.29) is 5.41 Å². The summed E-state index contributed by atoms with van der Waals surface area (Å²) in [7, 11) is 0. The first-order valence-corrected chi connectivity index (χ1v) is 19.8. The van der Waals surface area contributed by atoms with Gasteiger partial charge in [-0.15, -0.1) is 0 Å². The number of nitrogens with zero attached hydrogens (tertiary/aromatic N) is 1. The monoisotopic (exact) mass is 727 g/mol. The van der Waals surface area contributed by atoms with Crippen molar-refractivity contribution in [3.05, 3.63) is 199 Å². The molecule has 10 aromatic carbocycles. The van der Waals surface area contributed by atoms with Crippen molar-refractivity contribution >= 4 is 82.1 Å². The van der Waals surface area contributed by atoms with Gasteiger partial charge in [0.25, 0.3) is 0 Å². The second-order valence-electron chi connectivity index (χ2n) is 16.1. The number of furan rings is 1. The van der Waals surface area contributed by atoms with E-state index in [1.54, 1.807) is 0 Å². The van der Waals surface area contributed by atoms with Crippen molar-refractivity contribution in [2.24, 2.45) is 0 Å². The fourth-order valence-electron chi connectivity index (χ4n) is 9.85. The Bertz CT molecular complexity index is 3460. The number of anilines is 3. The molecule has 0 fully saturated rings. The Labute approximate surface area is 330 Å². The fourth-order valence-corrected chi connectivity index (χ4v) is 9.85. The van der Waals surface area contributed by atoms with Gasteiger partial charge in [0.1, 0.15) is 5.58 Å². The summed E-state index contributed by atoms with van der Waals surface area (Å²) < 4.78 is 7.36. The minimum atomic E-state index is -0.153. The molecule has 0 spiro atoms. The zero-order valence-electron chi connectivity index (χ0n) is 31.8. The van der Waals surface area contributed by atoms with Crippen molar-refractivity contribution in [1.29, 1.82) is 0 Å². The van der Waals surface area contributed by atoms with Gasteiger partial charge >= 0.3 is 0 Å². The maximum absolute atomic E-state index is 7.36. The van der Waals surface area contributed by atoms with Crippen LogP contribution in [0.15, 0.2) is 192 Å². The summed E-state index contributed by atoms with van der Waals surface area (Å²) in [4.78, 5) is 2.45. The molecule has 1 aromatic heterocycles. The molecule has 0 radical (unpaired) electrons. The molecule has 268 valence electrons. The van der Waals surface area contributed by atoms with Gasteiger partial charge in [0.2, 0.25) is 0 Å². The average molecular weight is 728 g/mol. The molecule has 0 N–H and O–H groups in total. The Balaban J connectivity index is 1.18. The van der Waals surface area contributed by atoms with Crippen molar-refractivity contribution in [2.45, 2.75) is 19.3 Å². The largest absolute Gasteiger partial charge is 0.453 e. The van der Waals surface area contributed by atoms with Crippen LogP contribution < -0.4 is 4.90 Å². The van der Waals surface area contributed by atoms with Gasteiger partial charge in [-0.2, -0.15) is 0 Å². The highest BCUT2D eigenvalue weighted by molar-refractivity contribution is 6.21. The van der Waals surface area contributed by atoms with Crippen LogP contribution in [0.2, 0.25) is 0 Å². The topological polar surface area (TPSA) is 16.4 Å². The van der Waals surface area contributed by atoms with Crippen LogP contribution in [0.5, 0.6) is 0 Å². The SMILES string of the molecule is CC1(C)c2ccccc2-c2ccc(N(c3cc4ccccc4c4ccccc34)c3cccc4c3oc3c(-c5ccc6ccccc6c5)c5ccccc5cc34)cc21. The molecule has 1 aliphatic rings. The third-order valence-corrected chi connectivity index (χ3v) is 12.6. The molecular weight excluding hydrogens is 691 g/mol. The van der Waals surface area contributed by atoms with Gasteiger partial charge in [0.05, 0.1) is 11.4 Å². The lowest BCUT2D eigenvalue weighted by Crippen LogP contribution is -2.16. The highest BCUT2D eigenvalue weighted by Crippen LogP contribution is 2.53. The molecule has 0 aliphatic heterocycles. The van der Waals surface area contributed by atoms with Crippen molar-refractivity contribution in [2.75, 3.05) is 4.90 Å². The van der Waals surface area contributed by atoms with Gasteiger partial charge in [-0.25, -0.2) is 0 Å². The lowest BCUT2D eigenvalue weighted by atomic mass is 9.82. The summed E-state index contributed by atoms with van der Waals surface area (Å²) in [6.07, 6.45) is 0. The van der Waals surface area contributed by atoms with Crippen LogP contribution in [0, 0.1) is 0 Å². The Morgan fingerprint density at radius 2 is 1.04 bits per heavy atom. The van der Waals surface area contributed by atoms with Crippen LogP contribution >= 0.6 is 0 Å². The zero-order valence-corrected chi connectivity index (χ0v) is 31.8. The molecule has 0 saturated heterocycles. The summed E-state index contributed by atoms with van der Waals surface area (Å²) in [6, 6.07) is 68.9. The highest BCUT2D eigenvalue weighted by atomic mass is 16.3. The lowest BCUT2D eigenvalue weighted by Gasteiger charge is -2.29. The summed E-state index contributed by atoms with van der Waals surface area (Å²) in [5.41, 5.74) is 12.4. The van der Waals surface area contributed by atoms with E-state index >= 15 is 0 Å². The fraction of sp³-hybridized carbons (Fsp3) is 0.0545.